The van der Waals surface area contributed by atoms with Crippen molar-refractivity contribution in [3.8, 4) is 6.07 Å². The third kappa shape index (κ3) is 5.82. The lowest BCUT2D eigenvalue weighted by Crippen LogP contribution is -2.42. The van der Waals surface area contributed by atoms with Crippen LogP contribution in [0, 0.1) is 11.3 Å². The van der Waals surface area contributed by atoms with Crippen LogP contribution in [0.2, 0.25) is 5.02 Å². The van der Waals surface area contributed by atoms with Gasteiger partial charge in [0.2, 0.25) is 0 Å². The Labute approximate surface area is 193 Å². The molecular weight excluding hydrogens is 424 g/mol. The predicted octanol–water partition coefficient (Wildman–Crippen LogP) is 5.51. The van der Waals surface area contributed by atoms with E-state index in [2.05, 4.69) is 5.32 Å². The molecule has 3 aromatic rings. The predicted molar refractivity (Wildman–Crippen MR) is 127 cm³/mol. The van der Waals surface area contributed by atoms with Crippen molar-refractivity contribution in [1.82, 2.24) is 0 Å². The quantitative estimate of drug-likeness (QED) is 0.486. The van der Waals surface area contributed by atoms with Gasteiger partial charge in [-0.15, -0.1) is 0 Å². The summed E-state index contributed by atoms with van der Waals surface area (Å²) in [5, 5.41) is 23.4. The highest BCUT2D eigenvalue weighted by Crippen LogP contribution is 2.29. The Hall–Kier alpha value is -3.46. The second-order valence-electron chi connectivity index (χ2n) is 6.92. The number of Topliss-reactive ketones (excluding diaryl/α,β-unsaturated/α-hetero) is 1. The van der Waals surface area contributed by atoms with E-state index in [-0.39, 0.29) is 22.8 Å². The normalized spacial score (nSPS) is 11.9. The summed E-state index contributed by atoms with van der Waals surface area (Å²) in [5.74, 6) is -0.750. The average molecular weight is 449 g/mol. The molecule has 0 radical (unpaired) electrons. The summed E-state index contributed by atoms with van der Waals surface area (Å²) < 4.78 is 0. The number of amides is 1. The van der Waals surface area contributed by atoms with E-state index in [0.29, 0.717) is 22.4 Å². The van der Waals surface area contributed by atoms with E-state index in [1.54, 1.807) is 60.7 Å². The second-order valence-corrected chi connectivity index (χ2v) is 7.33. The van der Waals surface area contributed by atoms with Gasteiger partial charge in [-0.1, -0.05) is 74.0 Å². The zero-order valence-corrected chi connectivity index (χ0v) is 19.0. The minimum Gasteiger partial charge on any atom is -0.375 e. The zero-order chi connectivity index (χ0) is 23.7. The van der Waals surface area contributed by atoms with Crippen molar-refractivity contribution in [2.45, 2.75) is 32.8 Å². The Morgan fingerprint density at radius 3 is 2.31 bits per heavy atom. The van der Waals surface area contributed by atoms with Gasteiger partial charge in [0, 0.05) is 17.7 Å². The first-order chi connectivity index (χ1) is 15.3. The van der Waals surface area contributed by atoms with Gasteiger partial charge in [0.1, 0.15) is 6.07 Å². The van der Waals surface area contributed by atoms with Crippen LogP contribution in [0.25, 0.3) is 0 Å². The molecule has 6 heteroatoms. The highest BCUT2D eigenvalue weighted by Gasteiger charge is 2.38. The number of nitrogens with zero attached hydrogens (tertiary/aromatic N) is 1. The van der Waals surface area contributed by atoms with Crippen molar-refractivity contribution in [3.63, 3.8) is 0 Å². The lowest BCUT2D eigenvalue weighted by atomic mass is 9.85. The van der Waals surface area contributed by atoms with Crippen LogP contribution >= 0.6 is 11.6 Å². The standard InChI is InChI=1S/C24H19ClN2O3.C2H6/c1-16(28)18-7-5-6-17(12-18)14-24(30,20-8-3-2-4-9-20)23(29)27-21-11-10-19(15-26)22(25)13-21;1-2/h2-13,30H,14H2,1H3,(H,27,29);1-2H3. The van der Waals surface area contributed by atoms with Crippen LogP contribution in [0.3, 0.4) is 0 Å². The Morgan fingerprint density at radius 2 is 1.72 bits per heavy atom. The fourth-order valence-electron chi connectivity index (χ4n) is 3.14. The molecule has 3 aromatic carbocycles. The largest absolute Gasteiger partial charge is 0.375 e. The van der Waals surface area contributed by atoms with Crippen LogP contribution in [0.1, 0.15) is 47.8 Å². The maximum atomic E-state index is 13.2. The molecule has 0 aliphatic heterocycles. The van der Waals surface area contributed by atoms with Gasteiger partial charge in [-0.2, -0.15) is 5.26 Å². The molecule has 0 spiro atoms. The minimum atomic E-state index is -1.89. The number of aliphatic hydroxyl groups is 1. The number of hydrogen-bond acceptors (Lipinski definition) is 4. The first-order valence-electron chi connectivity index (χ1n) is 10.2. The SMILES string of the molecule is CC.CC(=O)c1cccc(CC(O)(C(=O)Nc2ccc(C#N)c(Cl)c2)c2ccccc2)c1. The molecule has 32 heavy (non-hydrogen) atoms. The molecule has 5 nitrogen and oxygen atoms in total. The molecule has 0 bridgehead atoms. The van der Waals surface area contributed by atoms with E-state index in [1.165, 1.54) is 19.1 Å². The van der Waals surface area contributed by atoms with Gasteiger partial charge in [-0.3, -0.25) is 9.59 Å². The first-order valence-corrected chi connectivity index (χ1v) is 10.6. The van der Waals surface area contributed by atoms with Gasteiger partial charge in [0.15, 0.2) is 11.4 Å². The number of anilines is 1. The van der Waals surface area contributed by atoms with E-state index in [1.807, 2.05) is 19.9 Å². The van der Waals surface area contributed by atoms with Gasteiger partial charge in [0.25, 0.3) is 5.91 Å². The summed E-state index contributed by atoms with van der Waals surface area (Å²) >= 11 is 6.05. The van der Waals surface area contributed by atoms with Crippen molar-refractivity contribution < 1.29 is 14.7 Å². The van der Waals surface area contributed by atoms with Crippen LogP contribution in [0.4, 0.5) is 5.69 Å². The van der Waals surface area contributed by atoms with E-state index < -0.39 is 11.5 Å². The third-order valence-electron chi connectivity index (χ3n) is 4.77. The molecule has 0 saturated heterocycles. The average Bonchev–Trinajstić information content (AvgIpc) is 2.81. The van der Waals surface area contributed by atoms with Crippen molar-refractivity contribution in [1.29, 1.82) is 5.26 Å². The molecule has 3 rings (SSSR count). The molecule has 0 aliphatic carbocycles. The van der Waals surface area contributed by atoms with Gasteiger partial charge >= 0.3 is 0 Å². The van der Waals surface area contributed by atoms with Crippen molar-refractivity contribution >= 4 is 29.0 Å². The fraction of sp³-hybridized carbons (Fsp3) is 0.192. The first kappa shape index (κ1) is 24.8. The number of nitrogens with one attached hydrogen (secondary N) is 1. The lowest BCUT2D eigenvalue weighted by Gasteiger charge is -2.28. The number of rotatable bonds is 6. The molecule has 2 N–H and O–H groups in total. The maximum Gasteiger partial charge on any atom is 0.261 e. The number of carbonyl (C=O) groups excluding carboxylic acids is 2. The summed E-state index contributed by atoms with van der Waals surface area (Å²) in [5.41, 5.74) is 0.307. The fourth-order valence-corrected chi connectivity index (χ4v) is 3.36. The summed E-state index contributed by atoms with van der Waals surface area (Å²) in [6, 6.07) is 21.9. The van der Waals surface area contributed by atoms with Gasteiger partial charge in [0.05, 0.1) is 10.6 Å². The van der Waals surface area contributed by atoms with Crippen LogP contribution in [-0.4, -0.2) is 16.8 Å². The number of hydrogen-bond donors (Lipinski definition) is 2. The molecule has 164 valence electrons. The number of ketones is 1. The smallest absolute Gasteiger partial charge is 0.261 e. The van der Waals surface area contributed by atoms with Crippen molar-refractivity contribution in [3.05, 3.63) is 100 Å². The Morgan fingerprint density at radius 1 is 1.03 bits per heavy atom. The van der Waals surface area contributed by atoms with Crippen LogP contribution < -0.4 is 5.32 Å². The molecule has 1 amide bonds. The number of carbonyl (C=O) groups is 2. The molecule has 1 unspecified atom stereocenters. The van der Waals surface area contributed by atoms with Crippen LogP contribution in [0.15, 0.2) is 72.8 Å². The highest BCUT2D eigenvalue weighted by atomic mass is 35.5. The summed E-state index contributed by atoms with van der Waals surface area (Å²) in [6.07, 6.45) is -0.0338. The van der Waals surface area contributed by atoms with Crippen molar-refractivity contribution in [2.75, 3.05) is 5.32 Å². The summed E-state index contributed by atoms with van der Waals surface area (Å²) in [4.78, 5) is 24.9. The molecule has 0 saturated carbocycles. The van der Waals surface area contributed by atoms with E-state index in [4.69, 9.17) is 16.9 Å². The Bertz CT molecular complexity index is 1140. The number of benzene rings is 3. The highest BCUT2D eigenvalue weighted by molar-refractivity contribution is 6.32. The van der Waals surface area contributed by atoms with Gasteiger partial charge in [-0.05, 0) is 42.3 Å². The molecule has 0 aromatic heterocycles. The van der Waals surface area contributed by atoms with Crippen molar-refractivity contribution in [2.24, 2.45) is 0 Å². The zero-order valence-electron chi connectivity index (χ0n) is 18.2. The van der Waals surface area contributed by atoms with E-state index >= 15 is 0 Å². The monoisotopic (exact) mass is 448 g/mol. The Kier molecular flexibility index (Phi) is 8.71. The minimum absolute atomic E-state index is 0.0338. The van der Waals surface area contributed by atoms with Gasteiger partial charge < -0.3 is 10.4 Å². The molecule has 0 aliphatic rings. The van der Waals surface area contributed by atoms with E-state index in [9.17, 15) is 14.7 Å². The Balaban J connectivity index is 0.00000176. The molecule has 1 atom stereocenters. The van der Waals surface area contributed by atoms with Crippen LogP contribution in [0.5, 0.6) is 0 Å². The lowest BCUT2D eigenvalue weighted by molar-refractivity contribution is -0.135. The number of nitriles is 1. The summed E-state index contributed by atoms with van der Waals surface area (Å²) in [6.45, 7) is 5.46. The third-order valence-corrected chi connectivity index (χ3v) is 5.08. The maximum absolute atomic E-state index is 13.2. The van der Waals surface area contributed by atoms with E-state index in [0.717, 1.165) is 0 Å². The molecule has 0 fully saturated rings. The second kappa shape index (κ2) is 11.2. The molecule has 0 heterocycles. The summed E-state index contributed by atoms with van der Waals surface area (Å²) in [7, 11) is 0. The number of halogens is 1. The van der Waals surface area contributed by atoms with Gasteiger partial charge in [-0.25, -0.2) is 0 Å². The van der Waals surface area contributed by atoms with Crippen LogP contribution in [-0.2, 0) is 16.8 Å². The topological polar surface area (TPSA) is 90.2 Å². The molecular formula is C26H25ClN2O3.